The molecule has 1 aromatic rings. The molecule has 15 heavy (non-hydrogen) atoms. The summed E-state index contributed by atoms with van der Waals surface area (Å²) in [5, 5.41) is 8.63. The van der Waals surface area contributed by atoms with E-state index in [-0.39, 0.29) is 0 Å². The smallest absolute Gasteiger partial charge is 0.115 e. The van der Waals surface area contributed by atoms with Crippen molar-refractivity contribution in [1.82, 2.24) is 0 Å². The zero-order valence-electron chi connectivity index (χ0n) is 8.97. The van der Waals surface area contributed by atoms with Crippen LogP contribution in [0.2, 0.25) is 0 Å². The van der Waals surface area contributed by atoms with Gasteiger partial charge in [-0.25, -0.2) is 0 Å². The summed E-state index contributed by atoms with van der Waals surface area (Å²) in [6.45, 7) is 0. The average Bonchev–Trinajstić information content (AvgIpc) is 2.18. The molecular formula is C14H18O. The van der Waals surface area contributed by atoms with Gasteiger partial charge in [-0.2, -0.15) is 0 Å². The van der Waals surface area contributed by atoms with Gasteiger partial charge >= 0.3 is 0 Å². The van der Waals surface area contributed by atoms with Gasteiger partial charge in [0.25, 0.3) is 0 Å². The third-order valence-electron chi connectivity index (χ3n) is 2.09. The van der Waals surface area contributed by atoms with Crippen LogP contribution in [-0.2, 0) is 0 Å². The fourth-order valence-electron chi connectivity index (χ4n) is 1.28. The van der Waals surface area contributed by atoms with E-state index < -0.39 is 0 Å². The van der Waals surface area contributed by atoms with Gasteiger partial charge in [0, 0.05) is 0 Å². The maximum Gasteiger partial charge on any atom is 0.115 e. The highest BCUT2D eigenvalue weighted by Gasteiger charge is 1.81. The van der Waals surface area contributed by atoms with Gasteiger partial charge in [0.15, 0.2) is 0 Å². The molecule has 0 atom stereocenters. The van der Waals surface area contributed by atoms with Crippen molar-refractivity contribution >= 4 is 0 Å². The van der Waals surface area contributed by atoms with Gasteiger partial charge in [-0.3, -0.25) is 0 Å². The Labute approximate surface area is 91.8 Å². The Balaban J connectivity index is 0.000000151. The van der Waals surface area contributed by atoms with E-state index in [2.05, 4.69) is 24.3 Å². The van der Waals surface area contributed by atoms with Crippen LogP contribution >= 0.6 is 0 Å². The van der Waals surface area contributed by atoms with Crippen molar-refractivity contribution < 1.29 is 5.11 Å². The maximum absolute atomic E-state index is 8.63. The number of benzene rings is 1. The molecule has 0 aromatic heterocycles. The molecule has 0 aliphatic heterocycles. The van der Waals surface area contributed by atoms with E-state index in [1.165, 1.54) is 25.7 Å². The van der Waals surface area contributed by atoms with Crippen LogP contribution in [0.15, 0.2) is 54.6 Å². The van der Waals surface area contributed by atoms with Crippen molar-refractivity contribution in [2.45, 2.75) is 25.7 Å². The molecule has 0 saturated carbocycles. The summed E-state index contributed by atoms with van der Waals surface area (Å²) in [6.07, 6.45) is 14.0. The maximum atomic E-state index is 8.63. The van der Waals surface area contributed by atoms with Crippen molar-refractivity contribution in [2.24, 2.45) is 0 Å². The van der Waals surface area contributed by atoms with Crippen molar-refractivity contribution in [2.75, 3.05) is 0 Å². The molecule has 1 aliphatic carbocycles. The lowest BCUT2D eigenvalue weighted by Gasteiger charge is -1.92. The summed E-state index contributed by atoms with van der Waals surface area (Å²) in [6, 6.07) is 8.71. The lowest BCUT2D eigenvalue weighted by atomic mass is 10.1. The SMILES string of the molecule is C1=CCC/C=C\CC1.Oc1ccccc1. The molecule has 0 saturated heterocycles. The van der Waals surface area contributed by atoms with Crippen molar-refractivity contribution in [3.8, 4) is 5.75 Å². The lowest BCUT2D eigenvalue weighted by molar-refractivity contribution is 0.475. The van der Waals surface area contributed by atoms with Gasteiger partial charge in [-0.1, -0.05) is 42.5 Å². The number of allylic oxidation sites excluding steroid dienone is 4. The Morgan fingerprint density at radius 2 is 1.07 bits per heavy atom. The van der Waals surface area contributed by atoms with Gasteiger partial charge in [0.1, 0.15) is 5.75 Å². The monoisotopic (exact) mass is 202 g/mol. The first kappa shape index (κ1) is 11.6. The molecule has 1 nitrogen and oxygen atoms in total. The molecule has 1 aliphatic rings. The minimum Gasteiger partial charge on any atom is -0.508 e. The summed E-state index contributed by atoms with van der Waals surface area (Å²) in [5.41, 5.74) is 0. The normalized spacial score (nSPS) is 16.8. The highest BCUT2D eigenvalue weighted by Crippen LogP contribution is 2.03. The predicted octanol–water partition coefficient (Wildman–Crippen LogP) is 4.07. The molecule has 0 unspecified atom stereocenters. The Kier molecular flexibility index (Phi) is 6.07. The molecule has 0 heterocycles. The molecule has 0 bridgehead atoms. The standard InChI is InChI=1S/C8H12.C6H6O/c1-2-4-6-8-7-5-3-1;7-6-4-2-1-3-5-6/h1-2,7-8H,3-6H2;1-5,7H/b2-1-,8-7?;. The summed E-state index contributed by atoms with van der Waals surface area (Å²) >= 11 is 0. The molecular weight excluding hydrogens is 184 g/mol. The first-order valence-corrected chi connectivity index (χ1v) is 5.43. The van der Waals surface area contributed by atoms with Crippen molar-refractivity contribution in [3.63, 3.8) is 0 Å². The van der Waals surface area contributed by atoms with Gasteiger partial charge in [-0.05, 0) is 37.8 Å². The van der Waals surface area contributed by atoms with E-state index in [0.717, 1.165) is 0 Å². The molecule has 0 spiro atoms. The average molecular weight is 202 g/mol. The lowest BCUT2D eigenvalue weighted by Crippen LogP contribution is -1.71. The zero-order chi connectivity index (χ0) is 10.8. The number of rotatable bonds is 0. The van der Waals surface area contributed by atoms with Gasteiger partial charge in [-0.15, -0.1) is 0 Å². The second kappa shape index (κ2) is 7.86. The van der Waals surface area contributed by atoms with Crippen LogP contribution < -0.4 is 0 Å². The quantitative estimate of drug-likeness (QED) is 0.629. The van der Waals surface area contributed by atoms with Gasteiger partial charge in [0.05, 0.1) is 0 Å². The Bertz CT molecular complexity index is 272. The first-order chi connectivity index (χ1) is 7.39. The topological polar surface area (TPSA) is 20.2 Å². The number of phenolic OH excluding ortho intramolecular Hbond substituents is 1. The van der Waals surface area contributed by atoms with Crippen LogP contribution in [0.4, 0.5) is 0 Å². The number of hydrogen-bond acceptors (Lipinski definition) is 1. The Hall–Kier alpha value is -1.50. The molecule has 1 heteroatoms. The zero-order valence-corrected chi connectivity index (χ0v) is 8.97. The van der Waals surface area contributed by atoms with Gasteiger partial charge < -0.3 is 5.11 Å². The number of hydrogen-bond donors (Lipinski definition) is 1. The molecule has 1 N–H and O–H groups in total. The highest BCUT2D eigenvalue weighted by atomic mass is 16.3. The highest BCUT2D eigenvalue weighted by molar-refractivity contribution is 5.18. The summed E-state index contributed by atoms with van der Waals surface area (Å²) in [5.74, 6) is 0.322. The molecule has 1 aromatic carbocycles. The van der Waals surface area contributed by atoms with E-state index in [0.29, 0.717) is 5.75 Å². The van der Waals surface area contributed by atoms with E-state index in [1.54, 1.807) is 24.3 Å². The molecule has 80 valence electrons. The second-order valence-corrected chi connectivity index (χ2v) is 3.43. The van der Waals surface area contributed by atoms with E-state index in [9.17, 15) is 0 Å². The second-order valence-electron chi connectivity index (χ2n) is 3.43. The van der Waals surface area contributed by atoms with E-state index >= 15 is 0 Å². The summed E-state index contributed by atoms with van der Waals surface area (Å²) in [4.78, 5) is 0. The van der Waals surface area contributed by atoms with E-state index in [4.69, 9.17) is 5.11 Å². The fraction of sp³-hybridized carbons (Fsp3) is 0.286. The van der Waals surface area contributed by atoms with Crippen LogP contribution in [0.3, 0.4) is 0 Å². The minimum atomic E-state index is 0.322. The van der Waals surface area contributed by atoms with Crippen molar-refractivity contribution in [1.29, 1.82) is 0 Å². The molecule has 0 fully saturated rings. The largest absolute Gasteiger partial charge is 0.508 e. The number of aromatic hydroxyl groups is 1. The minimum absolute atomic E-state index is 0.322. The van der Waals surface area contributed by atoms with Crippen LogP contribution in [0, 0.1) is 0 Å². The van der Waals surface area contributed by atoms with Crippen LogP contribution in [0.1, 0.15) is 25.7 Å². The predicted molar refractivity (Wildman–Crippen MR) is 64.9 cm³/mol. The first-order valence-electron chi connectivity index (χ1n) is 5.43. The third-order valence-corrected chi connectivity index (χ3v) is 2.09. The summed E-state index contributed by atoms with van der Waals surface area (Å²) < 4.78 is 0. The Morgan fingerprint density at radius 1 is 0.667 bits per heavy atom. The Morgan fingerprint density at radius 3 is 1.33 bits per heavy atom. The molecule has 0 radical (unpaired) electrons. The van der Waals surface area contributed by atoms with E-state index in [1.807, 2.05) is 6.07 Å². The summed E-state index contributed by atoms with van der Waals surface area (Å²) in [7, 11) is 0. The van der Waals surface area contributed by atoms with Crippen LogP contribution in [-0.4, -0.2) is 5.11 Å². The fourth-order valence-corrected chi connectivity index (χ4v) is 1.28. The third kappa shape index (κ3) is 6.55. The van der Waals surface area contributed by atoms with Crippen molar-refractivity contribution in [3.05, 3.63) is 54.6 Å². The number of phenols is 1. The van der Waals surface area contributed by atoms with Crippen LogP contribution in [0.25, 0.3) is 0 Å². The molecule has 2 rings (SSSR count). The van der Waals surface area contributed by atoms with Gasteiger partial charge in [0.2, 0.25) is 0 Å². The number of para-hydroxylation sites is 1. The molecule has 0 amide bonds. The van der Waals surface area contributed by atoms with Crippen LogP contribution in [0.5, 0.6) is 5.75 Å².